The highest BCUT2D eigenvalue weighted by atomic mass is 14.4. The van der Waals surface area contributed by atoms with Crippen molar-refractivity contribution in [2.45, 2.75) is 32.1 Å². The Hall–Kier alpha value is 0. The molecule has 0 nitrogen and oxygen atoms in total. The molecule has 0 amide bonds. The molecule has 0 radical (unpaired) electrons. The second-order valence-corrected chi connectivity index (χ2v) is 3.12. The lowest BCUT2D eigenvalue weighted by molar-refractivity contribution is 0.480. The zero-order chi connectivity index (χ0) is 4.69. The van der Waals surface area contributed by atoms with E-state index in [-0.39, 0.29) is 0 Å². The smallest absolute Gasteiger partial charge is 0.0411 e. The van der Waals surface area contributed by atoms with E-state index < -0.39 is 0 Å². The van der Waals surface area contributed by atoms with E-state index in [1.54, 1.807) is 32.1 Å². The molecule has 0 unspecified atom stereocenters. The summed E-state index contributed by atoms with van der Waals surface area (Å²) in [5.74, 6) is 2.34. The van der Waals surface area contributed by atoms with Gasteiger partial charge in [-0.2, -0.15) is 0 Å². The molecule has 0 heterocycles. The predicted molar refractivity (Wildman–Crippen MR) is 30.1 cm³/mol. The number of fused-ring (bicyclic) bond motifs is 2. The Balaban J connectivity index is 2.12. The van der Waals surface area contributed by atoms with Gasteiger partial charge in [0.05, 0.1) is 0 Å². The summed E-state index contributed by atoms with van der Waals surface area (Å²) in [5, 5.41) is 0. The molecular formula is C7H12. The van der Waals surface area contributed by atoms with Crippen molar-refractivity contribution in [1.29, 1.82) is 0 Å². The van der Waals surface area contributed by atoms with Crippen LogP contribution < -0.4 is 0 Å². The first-order valence-electron chi connectivity index (χ1n) is 3.45. The van der Waals surface area contributed by atoms with Crippen molar-refractivity contribution < 1.29 is 0 Å². The van der Waals surface area contributed by atoms with Crippen LogP contribution in [0.15, 0.2) is 0 Å². The lowest BCUT2D eigenvalue weighted by Gasteiger charge is -2.05. The Morgan fingerprint density at radius 1 is 0.714 bits per heavy atom. The van der Waals surface area contributed by atoms with Crippen LogP contribution >= 0.6 is 0 Å². The van der Waals surface area contributed by atoms with E-state index in [0.29, 0.717) is 0 Å². The maximum Gasteiger partial charge on any atom is -0.0411 e. The molecule has 0 aromatic carbocycles. The molecule has 0 aliphatic heterocycles. The summed E-state index contributed by atoms with van der Waals surface area (Å²) in [4.78, 5) is 0. The van der Waals surface area contributed by atoms with Crippen LogP contribution in [0.5, 0.6) is 0 Å². The van der Waals surface area contributed by atoms with Crippen LogP contribution in [0.2, 0.25) is 0 Å². The quantitative estimate of drug-likeness (QED) is 0.433. The topological polar surface area (TPSA) is 0 Å². The molecule has 2 rings (SSSR count). The third kappa shape index (κ3) is 0.490. The average Bonchev–Trinajstić information content (AvgIpc) is 2.22. The van der Waals surface area contributed by atoms with Crippen LogP contribution in [0.25, 0.3) is 0 Å². The van der Waals surface area contributed by atoms with Crippen LogP contribution in [0, 0.1) is 11.8 Å². The van der Waals surface area contributed by atoms with E-state index in [9.17, 15) is 0 Å². The van der Waals surface area contributed by atoms with Crippen LogP contribution in [0.3, 0.4) is 0 Å². The Morgan fingerprint density at radius 2 is 1.14 bits per heavy atom. The fraction of sp³-hybridized carbons (Fsp3) is 1.00. The molecule has 0 atom stereocenters. The van der Waals surface area contributed by atoms with Gasteiger partial charge < -0.3 is 0 Å². The van der Waals surface area contributed by atoms with Gasteiger partial charge in [-0.3, -0.25) is 0 Å². The lowest BCUT2D eigenvalue weighted by Crippen LogP contribution is -1.90. The van der Waals surface area contributed by atoms with Crippen LogP contribution in [-0.2, 0) is 0 Å². The van der Waals surface area contributed by atoms with Gasteiger partial charge in [-0.25, -0.2) is 0 Å². The van der Waals surface area contributed by atoms with Gasteiger partial charge in [0.1, 0.15) is 0 Å². The highest BCUT2D eigenvalue weighted by Crippen LogP contribution is 2.43. The first kappa shape index (κ1) is 3.94. The Morgan fingerprint density at radius 3 is 1.29 bits per heavy atom. The van der Waals surface area contributed by atoms with Gasteiger partial charge in [0, 0.05) is 0 Å². The van der Waals surface area contributed by atoms with Gasteiger partial charge >= 0.3 is 0 Å². The summed E-state index contributed by atoms with van der Waals surface area (Å²) in [6, 6.07) is 0. The first-order valence-corrected chi connectivity index (χ1v) is 3.45. The zero-order valence-electron chi connectivity index (χ0n) is 4.69. The molecule has 0 saturated heterocycles. The van der Waals surface area contributed by atoms with Crippen molar-refractivity contribution in [3.8, 4) is 0 Å². The fourth-order valence-corrected chi connectivity index (χ4v) is 2.17. The molecule has 0 aromatic rings. The molecule has 0 N–H and O–H groups in total. The van der Waals surface area contributed by atoms with Crippen LogP contribution in [-0.4, -0.2) is 0 Å². The predicted octanol–water partition coefficient (Wildman–Crippen LogP) is 2.20. The maximum atomic E-state index is 1.58. The SMILES string of the molecule is C1C[C@H]2CC[C@H]1C2. The van der Waals surface area contributed by atoms with E-state index in [0.717, 1.165) is 0 Å². The number of hydrogen-bond donors (Lipinski definition) is 0. The van der Waals surface area contributed by atoms with Gasteiger partial charge in [-0.1, -0.05) is 25.7 Å². The Kier molecular flexibility index (Phi) is 0.697. The second-order valence-electron chi connectivity index (χ2n) is 3.12. The molecule has 7 heavy (non-hydrogen) atoms. The van der Waals surface area contributed by atoms with Gasteiger partial charge in [0.25, 0.3) is 0 Å². The average molecular weight is 96.2 g/mol. The largest absolute Gasteiger partial charge is 0.0502 e. The van der Waals surface area contributed by atoms with E-state index in [1.165, 1.54) is 11.8 Å². The van der Waals surface area contributed by atoms with Crippen molar-refractivity contribution in [3.63, 3.8) is 0 Å². The van der Waals surface area contributed by atoms with Gasteiger partial charge in [0.2, 0.25) is 0 Å². The van der Waals surface area contributed by atoms with Crippen molar-refractivity contribution in [2.24, 2.45) is 11.8 Å². The number of hydrogen-bond acceptors (Lipinski definition) is 0. The van der Waals surface area contributed by atoms with Crippen molar-refractivity contribution in [3.05, 3.63) is 0 Å². The standard InChI is InChI=1S/C7H12/c1-2-7-4-3-6(1)5-7/h6-7H,1-5H2/t6-,7-. The summed E-state index contributed by atoms with van der Waals surface area (Å²) in [6.07, 6.45) is 7.82. The summed E-state index contributed by atoms with van der Waals surface area (Å²) in [5.41, 5.74) is 0. The Bertz CT molecular complexity index is 58.1. The lowest BCUT2D eigenvalue weighted by atomic mass is 10.0. The first-order chi connectivity index (χ1) is 3.45. The normalized spacial score (nSPS) is 48.0. The minimum atomic E-state index is 1.17. The minimum absolute atomic E-state index is 1.17. The maximum absolute atomic E-state index is 1.58. The minimum Gasteiger partial charge on any atom is -0.0502 e. The summed E-state index contributed by atoms with van der Waals surface area (Å²) < 4.78 is 0. The molecule has 0 spiro atoms. The summed E-state index contributed by atoms with van der Waals surface area (Å²) in [7, 11) is 0. The highest BCUT2D eigenvalue weighted by Gasteiger charge is 2.30. The molecule has 2 bridgehead atoms. The summed E-state index contributed by atoms with van der Waals surface area (Å²) >= 11 is 0. The molecule has 0 heteroatoms. The Labute approximate surface area is 44.9 Å². The third-order valence-corrected chi connectivity index (χ3v) is 2.63. The molecule has 0 aromatic heterocycles. The molecule has 2 fully saturated rings. The van der Waals surface area contributed by atoms with Crippen LogP contribution in [0.1, 0.15) is 32.1 Å². The van der Waals surface area contributed by atoms with Gasteiger partial charge in [-0.05, 0) is 18.3 Å². The molecule has 40 valence electrons. The van der Waals surface area contributed by atoms with E-state index >= 15 is 0 Å². The summed E-state index contributed by atoms with van der Waals surface area (Å²) in [6.45, 7) is 0. The van der Waals surface area contributed by atoms with E-state index in [4.69, 9.17) is 0 Å². The van der Waals surface area contributed by atoms with Crippen molar-refractivity contribution >= 4 is 0 Å². The fourth-order valence-electron chi connectivity index (χ4n) is 2.17. The molecule has 2 aliphatic rings. The monoisotopic (exact) mass is 96.1 g/mol. The molecular weight excluding hydrogens is 84.1 g/mol. The van der Waals surface area contributed by atoms with Crippen LogP contribution in [0.4, 0.5) is 0 Å². The molecule has 2 saturated carbocycles. The van der Waals surface area contributed by atoms with Crippen molar-refractivity contribution in [1.82, 2.24) is 0 Å². The van der Waals surface area contributed by atoms with Gasteiger partial charge in [0.15, 0.2) is 0 Å². The molecule has 2 aliphatic carbocycles. The van der Waals surface area contributed by atoms with E-state index in [2.05, 4.69) is 0 Å². The van der Waals surface area contributed by atoms with Crippen molar-refractivity contribution in [2.75, 3.05) is 0 Å². The second kappa shape index (κ2) is 1.24. The zero-order valence-corrected chi connectivity index (χ0v) is 4.69. The van der Waals surface area contributed by atoms with Gasteiger partial charge in [-0.15, -0.1) is 0 Å². The third-order valence-electron chi connectivity index (χ3n) is 2.63. The highest BCUT2D eigenvalue weighted by molar-refractivity contribution is 4.82. The number of rotatable bonds is 0. The van der Waals surface area contributed by atoms with E-state index in [1.807, 2.05) is 0 Å².